The summed E-state index contributed by atoms with van der Waals surface area (Å²) < 4.78 is 13.3. The topological polar surface area (TPSA) is 86.7 Å². The van der Waals surface area contributed by atoms with Crippen LogP contribution in [0.5, 0.6) is 0 Å². The van der Waals surface area contributed by atoms with Gasteiger partial charge in [0.15, 0.2) is 0 Å². The van der Waals surface area contributed by atoms with Crippen molar-refractivity contribution < 1.29 is 23.9 Å². The van der Waals surface area contributed by atoms with E-state index in [1.54, 1.807) is 0 Å². The van der Waals surface area contributed by atoms with Gasteiger partial charge in [-0.3, -0.25) is 9.59 Å². The molecule has 25 heavy (non-hydrogen) atoms. The molecule has 3 rings (SSSR count). The average Bonchev–Trinajstić information content (AvgIpc) is 2.99. The number of carbonyl (C=O) groups excluding carboxylic acids is 2. The first kappa shape index (κ1) is 17.4. The zero-order valence-corrected chi connectivity index (χ0v) is 13.8. The van der Waals surface area contributed by atoms with Gasteiger partial charge in [0, 0.05) is 11.6 Å². The van der Waals surface area contributed by atoms with Crippen LogP contribution in [0.2, 0.25) is 0 Å². The van der Waals surface area contributed by atoms with E-state index in [0.717, 1.165) is 25.3 Å². The highest BCUT2D eigenvalue weighted by molar-refractivity contribution is 5.98. The molecule has 0 radical (unpaired) electrons. The van der Waals surface area contributed by atoms with E-state index in [0.29, 0.717) is 19.3 Å². The molecule has 0 unspecified atom stereocenters. The second-order valence-corrected chi connectivity index (χ2v) is 6.65. The Bertz CT molecular complexity index is 693. The summed E-state index contributed by atoms with van der Waals surface area (Å²) >= 11 is 0. The third-order valence-electron chi connectivity index (χ3n) is 5.01. The van der Waals surface area contributed by atoms with Gasteiger partial charge in [-0.05, 0) is 43.9 Å². The number of amides is 2. The number of halogens is 1. The van der Waals surface area contributed by atoms with Gasteiger partial charge >= 0.3 is 5.97 Å². The molecule has 2 fully saturated rings. The summed E-state index contributed by atoms with van der Waals surface area (Å²) in [5, 5.41) is 12.0. The third kappa shape index (κ3) is 3.65. The van der Waals surface area contributed by atoms with Gasteiger partial charge < -0.3 is 15.3 Å². The monoisotopic (exact) mass is 348 g/mol. The molecule has 3 atom stereocenters. The van der Waals surface area contributed by atoms with E-state index in [-0.39, 0.29) is 17.5 Å². The number of fused-ring (bicyclic) bond motifs is 1. The molecule has 2 aliphatic rings. The van der Waals surface area contributed by atoms with Gasteiger partial charge in [-0.15, -0.1) is 0 Å². The Morgan fingerprint density at radius 2 is 1.92 bits per heavy atom. The van der Waals surface area contributed by atoms with Crippen molar-refractivity contribution in [1.82, 2.24) is 10.2 Å². The van der Waals surface area contributed by atoms with Crippen LogP contribution in [0, 0.1) is 5.82 Å². The number of carbonyl (C=O) groups is 3. The summed E-state index contributed by atoms with van der Waals surface area (Å²) in [7, 11) is 0. The Morgan fingerprint density at radius 1 is 1.16 bits per heavy atom. The third-order valence-corrected chi connectivity index (χ3v) is 5.01. The molecular formula is C18H21FN2O4. The highest BCUT2D eigenvalue weighted by Gasteiger charge is 2.43. The summed E-state index contributed by atoms with van der Waals surface area (Å²) in [6.07, 6.45) is 4.02. The lowest BCUT2D eigenvalue weighted by molar-refractivity contribution is -0.151. The molecule has 0 spiro atoms. The van der Waals surface area contributed by atoms with Crippen LogP contribution in [0.1, 0.15) is 48.9 Å². The lowest BCUT2D eigenvalue weighted by atomic mass is 9.98. The normalized spacial score (nSPS) is 26.5. The minimum atomic E-state index is -1.01. The van der Waals surface area contributed by atoms with Crippen LogP contribution >= 0.6 is 0 Å². The first-order valence-corrected chi connectivity index (χ1v) is 8.59. The number of rotatable bonds is 3. The number of hydrogen-bond donors (Lipinski definition) is 2. The fraction of sp³-hybridized carbons (Fsp3) is 0.500. The maximum absolute atomic E-state index is 13.3. The minimum Gasteiger partial charge on any atom is -0.480 e. The van der Waals surface area contributed by atoms with Crippen LogP contribution in [0.25, 0.3) is 0 Å². The lowest BCUT2D eigenvalue weighted by Gasteiger charge is -2.34. The average molecular weight is 348 g/mol. The van der Waals surface area contributed by atoms with Crippen molar-refractivity contribution >= 4 is 17.8 Å². The molecule has 0 aliphatic carbocycles. The van der Waals surface area contributed by atoms with Crippen molar-refractivity contribution in [3.05, 3.63) is 35.6 Å². The summed E-state index contributed by atoms with van der Waals surface area (Å²) in [5.74, 6) is -2.41. The molecule has 134 valence electrons. The Kier molecular flexibility index (Phi) is 5.01. The van der Waals surface area contributed by atoms with Crippen LogP contribution in [0.3, 0.4) is 0 Å². The quantitative estimate of drug-likeness (QED) is 0.874. The lowest BCUT2D eigenvalue weighted by Crippen LogP contribution is -2.54. The predicted octanol–water partition coefficient (Wildman–Crippen LogP) is 1.94. The van der Waals surface area contributed by atoms with Crippen molar-refractivity contribution in [2.45, 2.75) is 56.7 Å². The molecule has 6 nitrogen and oxygen atoms in total. The number of aliphatic carboxylic acids is 1. The van der Waals surface area contributed by atoms with Crippen molar-refractivity contribution in [2.24, 2.45) is 0 Å². The van der Waals surface area contributed by atoms with Gasteiger partial charge in [-0.1, -0.05) is 18.9 Å². The first-order chi connectivity index (χ1) is 12.0. The second kappa shape index (κ2) is 7.21. The highest BCUT2D eigenvalue weighted by atomic mass is 19.1. The van der Waals surface area contributed by atoms with Crippen molar-refractivity contribution in [2.75, 3.05) is 0 Å². The van der Waals surface area contributed by atoms with Crippen LogP contribution in [0.15, 0.2) is 24.3 Å². The van der Waals surface area contributed by atoms with E-state index in [9.17, 15) is 23.9 Å². The number of nitrogens with one attached hydrogen (secondary N) is 1. The van der Waals surface area contributed by atoms with Crippen LogP contribution in [0.4, 0.5) is 4.39 Å². The molecule has 2 aliphatic heterocycles. The summed E-state index contributed by atoms with van der Waals surface area (Å²) in [5.41, 5.74) is 0.141. The van der Waals surface area contributed by atoms with Crippen molar-refractivity contribution in [3.63, 3.8) is 0 Å². The Morgan fingerprint density at radius 3 is 2.64 bits per heavy atom. The van der Waals surface area contributed by atoms with Gasteiger partial charge in [-0.2, -0.15) is 0 Å². The molecule has 0 aromatic heterocycles. The number of carboxylic acid groups (broad SMARTS) is 1. The van der Waals surface area contributed by atoms with Gasteiger partial charge in [0.05, 0.1) is 0 Å². The van der Waals surface area contributed by atoms with Gasteiger partial charge in [0.2, 0.25) is 5.91 Å². The molecular weight excluding hydrogens is 327 g/mol. The van der Waals surface area contributed by atoms with E-state index in [4.69, 9.17) is 0 Å². The predicted molar refractivity (Wildman–Crippen MR) is 87.4 cm³/mol. The van der Waals surface area contributed by atoms with Crippen molar-refractivity contribution in [3.8, 4) is 0 Å². The molecule has 1 aromatic carbocycles. The zero-order valence-electron chi connectivity index (χ0n) is 13.8. The smallest absolute Gasteiger partial charge is 0.326 e. The maximum Gasteiger partial charge on any atom is 0.326 e. The Balaban J connectivity index is 1.78. The van der Waals surface area contributed by atoms with Gasteiger partial charge in [0.25, 0.3) is 5.91 Å². The molecule has 2 N–H and O–H groups in total. The molecule has 2 heterocycles. The molecule has 1 aromatic rings. The molecule has 2 saturated heterocycles. The van der Waals surface area contributed by atoms with E-state index in [2.05, 4.69) is 5.32 Å². The van der Waals surface area contributed by atoms with Crippen molar-refractivity contribution in [1.29, 1.82) is 0 Å². The fourth-order valence-electron chi connectivity index (χ4n) is 3.78. The van der Waals surface area contributed by atoms with Crippen LogP contribution in [-0.4, -0.2) is 45.9 Å². The van der Waals surface area contributed by atoms with E-state index >= 15 is 0 Å². The molecule has 7 heteroatoms. The van der Waals surface area contributed by atoms with Gasteiger partial charge in [0.1, 0.15) is 17.9 Å². The largest absolute Gasteiger partial charge is 0.480 e. The summed E-state index contributed by atoms with van der Waals surface area (Å²) in [4.78, 5) is 38.2. The summed E-state index contributed by atoms with van der Waals surface area (Å²) in [6.45, 7) is 0. The second-order valence-electron chi connectivity index (χ2n) is 6.65. The minimum absolute atomic E-state index is 0.0810. The SMILES string of the molecule is O=C(N[C@H]1CCCC[C@H]2CC[C@@H](C(=O)O)N2C1=O)c1cccc(F)c1. The molecule has 0 bridgehead atoms. The Hall–Kier alpha value is -2.44. The number of hydrogen-bond acceptors (Lipinski definition) is 3. The summed E-state index contributed by atoms with van der Waals surface area (Å²) in [6, 6.07) is 3.57. The zero-order chi connectivity index (χ0) is 18.0. The number of nitrogens with zero attached hydrogens (tertiary/aromatic N) is 1. The van der Waals surface area contributed by atoms with E-state index in [1.165, 1.54) is 23.1 Å². The van der Waals surface area contributed by atoms with E-state index < -0.39 is 29.8 Å². The van der Waals surface area contributed by atoms with Gasteiger partial charge in [-0.25, -0.2) is 9.18 Å². The first-order valence-electron chi connectivity index (χ1n) is 8.59. The molecule has 2 amide bonds. The standard InChI is InChI=1S/C18H21FN2O4/c19-12-5-3-4-11(10-12)16(22)20-14-7-2-1-6-13-8-9-15(18(24)25)21(13)17(14)23/h3-5,10,13-15H,1-2,6-9H2,(H,20,22)(H,24,25)/t13-,14-,15-/m0/s1. The van der Waals surface area contributed by atoms with Crippen LogP contribution in [-0.2, 0) is 9.59 Å². The van der Waals surface area contributed by atoms with Crippen LogP contribution < -0.4 is 5.32 Å². The number of carboxylic acids is 1. The Labute approximate surface area is 145 Å². The molecule has 0 saturated carbocycles. The highest BCUT2D eigenvalue weighted by Crippen LogP contribution is 2.31. The number of benzene rings is 1. The fourth-order valence-corrected chi connectivity index (χ4v) is 3.78. The van der Waals surface area contributed by atoms with E-state index in [1.807, 2.05) is 0 Å². The maximum atomic E-state index is 13.3.